The van der Waals surface area contributed by atoms with Gasteiger partial charge in [0.2, 0.25) is 0 Å². The highest BCUT2D eigenvalue weighted by molar-refractivity contribution is 8.01. The Morgan fingerprint density at radius 3 is 2.68 bits per heavy atom. The van der Waals surface area contributed by atoms with Crippen molar-refractivity contribution in [3.63, 3.8) is 0 Å². The summed E-state index contributed by atoms with van der Waals surface area (Å²) >= 11 is 2.33. The minimum atomic E-state index is -4.45. The Bertz CT molecular complexity index is 581. The lowest BCUT2D eigenvalue weighted by atomic mass is 10.2. The number of halogens is 3. The van der Waals surface area contributed by atoms with E-state index in [1.807, 2.05) is 6.92 Å². The van der Waals surface area contributed by atoms with Gasteiger partial charge in [0.25, 0.3) is 0 Å². The van der Waals surface area contributed by atoms with Crippen LogP contribution < -0.4 is 5.73 Å². The average molecular weight is 305 g/mol. The molecule has 0 aliphatic rings. The van der Waals surface area contributed by atoms with E-state index in [-0.39, 0.29) is 5.69 Å². The predicted octanol–water partition coefficient (Wildman–Crippen LogP) is 3.85. The first kappa shape index (κ1) is 14.1. The van der Waals surface area contributed by atoms with Crippen LogP contribution in [-0.2, 0) is 12.6 Å². The zero-order valence-corrected chi connectivity index (χ0v) is 11.5. The van der Waals surface area contributed by atoms with Crippen molar-refractivity contribution in [2.45, 2.75) is 28.8 Å². The summed E-state index contributed by atoms with van der Waals surface area (Å²) in [4.78, 5) is 4.64. The fourth-order valence-corrected chi connectivity index (χ4v) is 3.08. The van der Waals surface area contributed by atoms with Gasteiger partial charge in [-0.2, -0.15) is 17.5 Å². The Labute approximate surface area is 116 Å². The fraction of sp³-hybridized carbons (Fsp3) is 0.273. The molecule has 19 heavy (non-hydrogen) atoms. The second-order valence-corrected chi connectivity index (χ2v) is 5.75. The van der Waals surface area contributed by atoms with Crippen LogP contribution in [-0.4, -0.2) is 9.36 Å². The van der Waals surface area contributed by atoms with E-state index in [4.69, 9.17) is 5.73 Å². The van der Waals surface area contributed by atoms with Crippen LogP contribution in [0.3, 0.4) is 0 Å². The molecule has 3 nitrogen and oxygen atoms in total. The van der Waals surface area contributed by atoms with Crippen LogP contribution in [0, 0.1) is 0 Å². The third kappa shape index (κ3) is 3.38. The van der Waals surface area contributed by atoms with Gasteiger partial charge in [0, 0.05) is 17.0 Å². The van der Waals surface area contributed by atoms with Crippen molar-refractivity contribution in [2.75, 3.05) is 5.73 Å². The van der Waals surface area contributed by atoms with Gasteiger partial charge in [-0.25, -0.2) is 4.98 Å². The Morgan fingerprint density at radius 2 is 2.11 bits per heavy atom. The summed E-state index contributed by atoms with van der Waals surface area (Å²) in [5, 5.41) is 0. The molecular formula is C11H10F3N3S2. The van der Waals surface area contributed by atoms with Crippen LogP contribution in [0.15, 0.2) is 27.4 Å². The number of anilines is 1. The monoisotopic (exact) mass is 305 g/mol. The molecule has 2 N–H and O–H groups in total. The van der Waals surface area contributed by atoms with Crippen LogP contribution in [0.4, 0.5) is 18.9 Å². The van der Waals surface area contributed by atoms with Crippen molar-refractivity contribution in [1.82, 2.24) is 9.36 Å². The Balaban J connectivity index is 2.26. The van der Waals surface area contributed by atoms with Gasteiger partial charge in [-0.05, 0) is 29.7 Å². The minimum absolute atomic E-state index is 0.275. The van der Waals surface area contributed by atoms with E-state index >= 15 is 0 Å². The molecule has 0 bridgehead atoms. The van der Waals surface area contributed by atoms with Crippen molar-refractivity contribution >= 4 is 29.0 Å². The molecule has 8 heteroatoms. The summed E-state index contributed by atoms with van der Waals surface area (Å²) in [7, 11) is 0. The molecule has 0 fully saturated rings. The van der Waals surface area contributed by atoms with Crippen LogP contribution in [0.25, 0.3) is 0 Å². The predicted molar refractivity (Wildman–Crippen MR) is 69.3 cm³/mol. The van der Waals surface area contributed by atoms with E-state index in [0.717, 1.165) is 17.8 Å². The lowest BCUT2D eigenvalue weighted by Gasteiger charge is -2.10. The fourth-order valence-electron chi connectivity index (χ4n) is 1.37. The summed E-state index contributed by atoms with van der Waals surface area (Å²) < 4.78 is 42.8. The molecule has 1 heterocycles. The number of alkyl halides is 3. The number of hydrogen-bond donors (Lipinski definition) is 1. The number of benzene rings is 1. The van der Waals surface area contributed by atoms with Gasteiger partial charge in [-0.1, -0.05) is 18.7 Å². The molecule has 1 aromatic carbocycles. The van der Waals surface area contributed by atoms with E-state index in [1.54, 1.807) is 6.07 Å². The van der Waals surface area contributed by atoms with Crippen LogP contribution in [0.2, 0.25) is 0 Å². The molecule has 2 rings (SSSR count). The molecular weight excluding hydrogens is 295 g/mol. The zero-order valence-electron chi connectivity index (χ0n) is 9.86. The molecule has 0 saturated heterocycles. The van der Waals surface area contributed by atoms with Crippen LogP contribution in [0.1, 0.15) is 18.3 Å². The number of nitrogen functional groups attached to an aromatic ring is 1. The van der Waals surface area contributed by atoms with E-state index in [2.05, 4.69) is 9.36 Å². The summed E-state index contributed by atoms with van der Waals surface area (Å²) in [5.74, 6) is 0.694. The maximum atomic E-state index is 12.7. The first-order chi connectivity index (χ1) is 8.90. The van der Waals surface area contributed by atoms with Gasteiger partial charge < -0.3 is 5.73 Å². The number of hydrogen-bond acceptors (Lipinski definition) is 5. The molecule has 0 amide bonds. The topological polar surface area (TPSA) is 51.8 Å². The van der Waals surface area contributed by atoms with Crippen molar-refractivity contribution in [2.24, 2.45) is 0 Å². The van der Waals surface area contributed by atoms with Gasteiger partial charge in [0.1, 0.15) is 5.82 Å². The standard InChI is InChI=1S/C11H10F3N3S2/c1-2-9-16-10(19-17-9)18-6-3-4-8(15)7(5-6)11(12,13)14/h3-5H,2,15H2,1H3. The van der Waals surface area contributed by atoms with Crippen molar-refractivity contribution in [3.8, 4) is 0 Å². The molecule has 2 aromatic rings. The van der Waals surface area contributed by atoms with Gasteiger partial charge in [0.15, 0.2) is 4.34 Å². The second-order valence-electron chi connectivity index (χ2n) is 3.68. The minimum Gasteiger partial charge on any atom is -0.398 e. The highest BCUT2D eigenvalue weighted by Gasteiger charge is 2.33. The molecule has 1 aromatic heterocycles. The van der Waals surface area contributed by atoms with E-state index < -0.39 is 11.7 Å². The van der Waals surface area contributed by atoms with Crippen molar-refractivity contribution in [3.05, 3.63) is 29.6 Å². The number of rotatable bonds is 3. The van der Waals surface area contributed by atoms with E-state index in [9.17, 15) is 13.2 Å². The third-order valence-corrected chi connectivity index (χ3v) is 4.08. The Morgan fingerprint density at radius 1 is 1.37 bits per heavy atom. The summed E-state index contributed by atoms with van der Waals surface area (Å²) in [6, 6.07) is 3.84. The number of aromatic nitrogens is 2. The van der Waals surface area contributed by atoms with Crippen LogP contribution in [0.5, 0.6) is 0 Å². The lowest BCUT2D eigenvalue weighted by Crippen LogP contribution is -2.08. The van der Waals surface area contributed by atoms with E-state index in [0.29, 0.717) is 21.5 Å². The summed E-state index contributed by atoms with van der Waals surface area (Å²) in [6.45, 7) is 1.92. The number of nitrogens with two attached hydrogens (primary N) is 1. The normalized spacial score (nSPS) is 11.8. The molecule has 0 radical (unpaired) electrons. The molecule has 0 unspecified atom stereocenters. The summed E-state index contributed by atoms with van der Waals surface area (Å²) in [5.41, 5.74) is 4.24. The van der Waals surface area contributed by atoms with Gasteiger partial charge in [-0.15, -0.1) is 0 Å². The first-order valence-electron chi connectivity index (χ1n) is 5.37. The van der Waals surface area contributed by atoms with Gasteiger partial charge >= 0.3 is 6.18 Å². The second kappa shape index (κ2) is 5.38. The molecule has 0 saturated carbocycles. The summed E-state index contributed by atoms with van der Waals surface area (Å²) in [6.07, 6.45) is -3.75. The Hall–Kier alpha value is -1.28. The SMILES string of the molecule is CCc1nsc(Sc2ccc(N)c(C(F)(F)F)c2)n1. The largest absolute Gasteiger partial charge is 0.418 e. The van der Waals surface area contributed by atoms with E-state index in [1.165, 1.54) is 17.6 Å². The van der Waals surface area contributed by atoms with Gasteiger partial charge in [0.05, 0.1) is 5.56 Å². The molecule has 0 aliphatic carbocycles. The molecule has 0 atom stereocenters. The smallest absolute Gasteiger partial charge is 0.398 e. The molecule has 102 valence electrons. The Kier molecular flexibility index (Phi) is 4.00. The third-order valence-electron chi connectivity index (χ3n) is 2.30. The highest BCUT2D eigenvalue weighted by atomic mass is 32.2. The maximum Gasteiger partial charge on any atom is 0.418 e. The lowest BCUT2D eigenvalue weighted by molar-refractivity contribution is -0.137. The zero-order chi connectivity index (χ0) is 14.0. The average Bonchev–Trinajstić information content (AvgIpc) is 2.78. The number of nitrogens with zero attached hydrogens (tertiary/aromatic N) is 2. The number of aryl methyl sites for hydroxylation is 1. The van der Waals surface area contributed by atoms with Crippen molar-refractivity contribution in [1.29, 1.82) is 0 Å². The van der Waals surface area contributed by atoms with Crippen LogP contribution >= 0.6 is 23.3 Å². The van der Waals surface area contributed by atoms with Gasteiger partial charge in [-0.3, -0.25) is 0 Å². The maximum absolute atomic E-state index is 12.7. The highest BCUT2D eigenvalue weighted by Crippen LogP contribution is 2.38. The van der Waals surface area contributed by atoms with Crippen molar-refractivity contribution < 1.29 is 13.2 Å². The quantitative estimate of drug-likeness (QED) is 0.875. The first-order valence-corrected chi connectivity index (χ1v) is 6.96. The molecule has 0 aliphatic heterocycles. The molecule has 0 spiro atoms.